The van der Waals surface area contributed by atoms with Crippen LogP contribution in [0.1, 0.15) is 22.1 Å². The van der Waals surface area contributed by atoms with Crippen LogP contribution in [-0.4, -0.2) is 22.9 Å². The smallest absolute Gasteiger partial charge is 0.321 e. The Morgan fingerprint density at radius 2 is 1.78 bits per heavy atom. The van der Waals surface area contributed by atoms with Gasteiger partial charge in [-0.15, -0.1) is 11.8 Å². The van der Waals surface area contributed by atoms with Gasteiger partial charge in [0.1, 0.15) is 17.5 Å². The fraction of sp³-hybridized carbons (Fsp3) is 0.278. The molecule has 2 unspecified atom stereocenters. The van der Waals surface area contributed by atoms with Crippen LogP contribution in [0.25, 0.3) is 0 Å². The highest BCUT2D eigenvalue weighted by molar-refractivity contribution is 7.99. The molecule has 1 heterocycles. The number of rotatable bonds is 4. The number of nitrogens with one attached hydrogen (secondary N) is 1. The molecule has 1 fully saturated rings. The SMILES string of the molecule is Cc1cc(C)cc(Oc2ccc(C3NC(C(=O)O)CS3)cc2)c1. The summed E-state index contributed by atoms with van der Waals surface area (Å²) in [6, 6.07) is 13.4. The predicted molar refractivity (Wildman–Crippen MR) is 92.2 cm³/mol. The molecular formula is C18H19NO3S. The Kier molecular flexibility index (Phi) is 4.59. The van der Waals surface area contributed by atoms with Crippen LogP contribution >= 0.6 is 11.8 Å². The summed E-state index contributed by atoms with van der Waals surface area (Å²) in [5.41, 5.74) is 3.40. The Labute approximate surface area is 139 Å². The first-order chi connectivity index (χ1) is 11.0. The topological polar surface area (TPSA) is 58.6 Å². The summed E-state index contributed by atoms with van der Waals surface area (Å²) < 4.78 is 5.90. The van der Waals surface area contributed by atoms with E-state index in [0.29, 0.717) is 5.75 Å². The van der Waals surface area contributed by atoms with Gasteiger partial charge in [0.15, 0.2) is 0 Å². The van der Waals surface area contributed by atoms with Gasteiger partial charge in [0, 0.05) is 5.75 Å². The molecule has 0 saturated carbocycles. The number of thioether (sulfide) groups is 1. The van der Waals surface area contributed by atoms with E-state index in [2.05, 4.69) is 11.4 Å². The molecule has 0 amide bonds. The van der Waals surface area contributed by atoms with E-state index in [9.17, 15) is 4.79 Å². The fourth-order valence-corrected chi connectivity index (χ4v) is 3.88. The molecule has 2 N–H and O–H groups in total. The summed E-state index contributed by atoms with van der Waals surface area (Å²) in [6.45, 7) is 4.09. The minimum Gasteiger partial charge on any atom is -0.480 e. The normalized spacial score (nSPS) is 20.4. The zero-order chi connectivity index (χ0) is 16.4. The van der Waals surface area contributed by atoms with Gasteiger partial charge in [-0.3, -0.25) is 10.1 Å². The molecule has 1 aliphatic rings. The lowest BCUT2D eigenvalue weighted by Crippen LogP contribution is -2.33. The van der Waals surface area contributed by atoms with Crippen molar-refractivity contribution in [3.05, 3.63) is 59.2 Å². The highest BCUT2D eigenvalue weighted by Gasteiger charge is 2.30. The van der Waals surface area contributed by atoms with E-state index in [1.54, 1.807) is 11.8 Å². The summed E-state index contributed by atoms with van der Waals surface area (Å²) in [5, 5.41) is 12.2. The van der Waals surface area contributed by atoms with Crippen molar-refractivity contribution < 1.29 is 14.6 Å². The number of aliphatic carboxylic acids is 1. The maximum absolute atomic E-state index is 11.0. The van der Waals surface area contributed by atoms with Gasteiger partial charge in [0.05, 0.1) is 5.37 Å². The van der Waals surface area contributed by atoms with E-state index in [-0.39, 0.29) is 5.37 Å². The van der Waals surface area contributed by atoms with Gasteiger partial charge in [0.2, 0.25) is 0 Å². The lowest BCUT2D eigenvalue weighted by atomic mass is 10.1. The van der Waals surface area contributed by atoms with E-state index in [4.69, 9.17) is 9.84 Å². The zero-order valence-electron chi connectivity index (χ0n) is 13.1. The molecular weight excluding hydrogens is 310 g/mol. The molecule has 2 aromatic rings. The number of carboxylic acid groups (broad SMARTS) is 1. The van der Waals surface area contributed by atoms with Crippen molar-refractivity contribution >= 4 is 17.7 Å². The van der Waals surface area contributed by atoms with Crippen LogP contribution < -0.4 is 10.1 Å². The number of ether oxygens (including phenoxy) is 1. The minimum absolute atomic E-state index is 0.0198. The first-order valence-electron chi connectivity index (χ1n) is 7.48. The molecule has 0 radical (unpaired) electrons. The maximum atomic E-state index is 11.0. The standard InChI is InChI=1S/C18H19NO3S/c1-11-7-12(2)9-15(8-11)22-14-5-3-13(4-6-14)17-19-16(10-23-17)18(20)21/h3-9,16-17,19H,10H2,1-2H3,(H,20,21). The van der Waals surface area contributed by atoms with Crippen molar-refractivity contribution in [1.82, 2.24) is 5.32 Å². The third-order valence-corrected chi connectivity index (χ3v) is 4.96. The Bertz CT molecular complexity index is 694. The van der Waals surface area contributed by atoms with E-state index in [1.165, 1.54) is 11.1 Å². The third kappa shape index (κ3) is 3.86. The van der Waals surface area contributed by atoms with Crippen molar-refractivity contribution in [1.29, 1.82) is 0 Å². The van der Waals surface area contributed by atoms with Gasteiger partial charge < -0.3 is 9.84 Å². The fourth-order valence-electron chi connectivity index (χ4n) is 2.64. The molecule has 1 aliphatic heterocycles. The molecule has 3 rings (SSSR count). The van der Waals surface area contributed by atoms with Crippen molar-refractivity contribution in [3.63, 3.8) is 0 Å². The van der Waals surface area contributed by atoms with Crippen molar-refractivity contribution in [2.75, 3.05) is 5.75 Å². The highest BCUT2D eigenvalue weighted by Crippen LogP contribution is 2.34. The largest absolute Gasteiger partial charge is 0.480 e. The molecule has 2 aromatic carbocycles. The van der Waals surface area contributed by atoms with Gasteiger partial charge in [-0.1, -0.05) is 18.2 Å². The molecule has 23 heavy (non-hydrogen) atoms. The molecule has 2 atom stereocenters. The molecule has 1 saturated heterocycles. The van der Waals surface area contributed by atoms with E-state index in [0.717, 1.165) is 17.1 Å². The Morgan fingerprint density at radius 3 is 2.35 bits per heavy atom. The second-order valence-electron chi connectivity index (χ2n) is 5.77. The molecule has 4 nitrogen and oxygen atoms in total. The molecule has 0 bridgehead atoms. The van der Waals surface area contributed by atoms with E-state index in [1.807, 2.05) is 50.2 Å². The summed E-state index contributed by atoms with van der Waals surface area (Å²) in [6.07, 6.45) is 0. The van der Waals surface area contributed by atoms with Crippen molar-refractivity contribution in [3.8, 4) is 11.5 Å². The zero-order valence-corrected chi connectivity index (χ0v) is 13.9. The van der Waals surface area contributed by atoms with Crippen LogP contribution in [0, 0.1) is 13.8 Å². The van der Waals surface area contributed by atoms with Gasteiger partial charge in [-0.05, 0) is 54.8 Å². The quantitative estimate of drug-likeness (QED) is 0.891. The average molecular weight is 329 g/mol. The van der Waals surface area contributed by atoms with E-state index >= 15 is 0 Å². The summed E-state index contributed by atoms with van der Waals surface area (Å²) in [4.78, 5) is 11.0. The number of hydrogen-bond acceptors (Lipinski definition) is 4. The summed E-state index contributed by atoms with van der Waals surface area (Å²) >= 11 is 1.61. The van der Waals surface area contributed by atoms with Crippen LogP contribution in [0.15, 0.2) is 42.5 Å². The van der Waals surface area contributed by atoms with Gasteiger partial charge in [0.25, 0.3) is 0 Å². The van der Waals surface area contributed by atoms with Crippen molar-refractivity contribution in [2.24, 2.45) is 0 Å². The number of carboxylic acids is 1. The monoisotopic (exact) mass is 329 g/mol. The van der Waals surface area contributed by atoms with Gasteiger partial charge >= 0.3 is 5.97 Å². The van der Waals surface area contributed by atoms with Crippen LogP contribution in [0.4, 0.5) is 0 Å². The summed E-state index contributed by atoms with van der Waals surface area (Å²) in [7, 11) is 0. The van der Waals surface area contributed by atoms with Crippen LogP contribution in [-0.2, 0) is 4.79 Å². The molecule has 0 aliphatic carbocycles. The number of benzene rings is 2. The second kappa shape index (κ2) is 6.64. The minimum atomic E-state index is -0.797. The van der Waals surface area contributed by atoms with Crippen LogP contribution in [0.5, 0.6) is 11.5 Å². The number of hydrogen-bond donors (Lipinski definition) is 2. The van der Waals surface area contributed by atoms with Gasteiger partial charge in [-0.25, -0.2) is 0 Å². The average Bonchev–Trinajstić information content (AvgIpc) is 2.97. The lowest BCUT2D eigenvalue weighted by molar-refractivity contribution is -0.138. The first-order valence-corrected chi connectivity index (χ1v) is 8.53. The third-order valence-electron chi connectivity index (χ3n) is 3.69. The van der Waals surface area contributed by atoms with Crippen LogP contribution in [0.3, 0.4) is 0 Å². The Balaban J connectivity index is 1.69. The number of carbonyl (C=O) groups is 1. The molecule has 120 valence electrons. The van der Waals surface area contributed by atoms with E-state index < -0.39 is 12.0 Å². The second-order valence-corrected chi connectivity index (χ2v) is 6.90. The number of aryl methyl sites for hydroxylation is 2. The predicted octanol–water partition coefficient (Wildman–Crippen LogP) is 3.88. The lowest BCUT2D eigenvalue weighted by Gasteiger charge is -2.13. The Hall–Kier alpha value is -1.98. The maximum Gasteiger partial charge on any atom is 0.321 e. The summed E-state index contributed by atoms with van der Waals surface area (Å²) in [5.74, 6) is 1.39. The Morgan fingerprint density at radius 1 is 1.13 bits per heavy atom. The molecule has 5 heteroatoms. The van der Waals surface area contributed by atoms with Gasteiger partial charge in [-0.2, -0.15) is 0 Å². The molecule has 0 spiro atoms. The first kappa shape index (κ1) is 15.9. The van der Waals surface area contributed by atoms with Crippen LogP contribution in [0.2, 0.25) is 0 Å². The van der Waals surface area contributed by atoms with Crippen molar-refractivity contribution in [2.45, 2.75) is 25.3 Å². The highest BCUT2D eigenvalue weighted by atomic mass is 32.2. The molecule has 0 aromatic heterocycles.